The lowest BCUT2D eigenvalue weighted by Gasteiger charge is -2.24. The Morgan fingerprint density at radius 2 is 1.77 bits per heavy atom. The molecule has 7 nitrogen and oxygen atoms in total. The van der Waals surface area contributed by atoms with Gasteiger partial charge in [0.2, 0.25) is 10.0 Å². The zero-order valence-corrected chi connectivity index (χ0v) is 15.2. The van der Waals surface area contributed by atoms with Crippen LogP contribution in [0.2, 0.25) is 0 Å². The molecule has 0 aliphatic carbocycles. The first kappa shape index (κ1) is 20.1. The van der Waals surface area contributed by atoms with Gasteiger partial charge in [-0.15, -0.1) is 0 Å². The maximum atomic E-state index is 12.9. The van der Waals surface area contributed by atoms with Gasteiger partial charge in [0.05, 0.1) is 15.9 Å². The second-order valence-corrected chi connectivity index (χ2v) is 7.96. The van der Waals surface area contributed by atoms with Crippen molar-refractivity contribution in [3.63, 3.8) is 0 Å². The van der Waals surface area contributed by atoms with E-state index in [4.69, 9.17) is 11.6 Å². The molecule has 0 saturated heterocycles. The Bertz CT molecular complexity index is 885. The van der Waals surface area contributed by atoms with E-state index in [1.165, 1.54) is 0 Å². The van der Waals surface area contributed by atoms with E-state index >= 15 is 0 Å². The minimum atomic E-state index is -4.04. The van der Waals surface area contributed by atoms with E-state index < -0.39 is 21.1 Å². The van der Waals surface area contributed by atoms with Crippen LogP contribution in [0.25, 0.3) is 0 Å². The van der Waals surface area contributed by atoms with Crippen molar-refractivity contribution in [3.05, 3.63) is 81.9 Å². The molecule has 2 rings (SSSR count). The van der Waals surface area contributed by atoms with Gasteiger partial charge >= 0.3 is 0 Å². The van der Waals surface area contributed by atoms with Crippen molar-refractivity contribution in [1.29, 1.82) is 0 Å². The monoisotopic (exact) mass is 396 g/mol. The Morgan fingerprint density at radius 1 is 1.19 bits per heavy atom. The third kappa shape index (κ3) is 4.89. The number of hydrogen-bond acceptors (Lipinski definition) is 5. The number of rotatable bonds is 8. The lowest BCUT2D eigenvalue weighted by Crippen LogP contribution is -2.35. The Kier molecular flexibility index (Phi) is 6.49. The molecule has 138 valence electrons. The predicted octanol–water partition coefficient (Wildman–Crippen LogP) is 3.07. The maximum Gasteiger partial charge on any atom is 0.269 e. The van der Waals surface area contributed by atoms with Crippen molar-refractivity contribution >= 4 is 27.3 Å². The van der Waals surface area contributed by atoms with Crippen LogP contribution in [0.5, 0.6) is 0 Å². The molecule has 0 heterocycles. The fourth-order valence-corrected chi connectivity index (χ4v) is 3.96. The van der Waals surface area contributed by atoms with E-state index in [2.05, 4.69) is 6.58 Å². The molecule has 0 saturated carbocycles. The summed E-state index contributed by atoms with van der Waals surface area (Å²) in [6.07, 6.45) is -1.07. The molecule has 1 unspecified atom stereocenters. The van der Waals surface area contributed by atoms with Crippen LogP contribution in [-0.2, 0) is 10.0 Å². The molecule has 0 radical (unpaired) electrons. The zero-order valence-electron chi connectivity index (χ0n) is 13.7. The summed E-state index contributed by atoms with van der Waals surface area (Å²) >= 11 is 5.79. The molecule has 0 aromatic heterocycles. The highest BCUT2D eigenvalue weighted by atomic mass is 35.5. The van der Waals surface area contributed by atoms with E-state index in [1.807, 2.05) is 0 Å². The number of nitro groups is 1. The zero-order chi connectivity index (χ0) is 19.3. The van der Waals surface area contributed by atoms with Gasteiger partial charge in [-0.1, -0.05) is 48.5 Å². The Labute approximate surface area is 156 Å². The SMILES string of the molecule is C=C(Cl)CN(CC(O)c1ccccc1)S(=O)(=O)c1ccc([N+](=O)[O-])cc1. The van der Waals surface area contributed by atoms with Crippen molar-refractivity contribution in [2.24, 2.45) is 0 Å². The van der Waals surface area contributed by atoms with E-state index in [-0.39, 0.29) is 28.7 Å². The summed E-state index contributed by atoms with van der Waals surface area (Å²) in [6, 6.07) is 13.1. The van der Waals surface area contributed by atoms with Crippen molar-refractivity contribution in [3.8, 4) is 0 Å². The predicted molar refractivity (Wildman–Crippen MR) is 98.3 cm³/mol. The molecule has 0 aliphatic rings. The minimum Gasteiger partial charge on any atom is -0.387 e. The normalized spacial score (nSPS) is 12.7. The summed E-state index contributed by atoms with van der Waals surface area (Å²) in [5, 5.41) is 21.2. The van der Waals surface area contributed by atoms with Crippen LogP contribution in [0.1, 0.15) is 11.7 Å². The first-order valence-electron chi connectivity index (χ1n) is 7.52. The van der Waals surface area contributed by atoms with Gasteiger partial charge in [0, 0.05) is 30.3 Å². The standard InChI is InChI=1S/C17H17ClN2O5S/c1-13(18)11-19(12-17(21)14-5-3-2-4-6-14)26(24,25)16-9-7-15(8-10-16)20(22)23/h2-10,17,21H,1,11-12H2. The van der Waals surface area contributed by atoms with E-state index in [9.17, 15) is 23.6 Å². The molecule has 2 aromatic rings. The lowest BCUT2D eigenvalue weighted by atomic mass is 10.1. The molecule has 1 N–H and O–H groups in total. The van der Waals surface area contributed by atoms with Crippen LogP contribution in [0.15, 0.2) is 71.1 Å². The number of hydrogen-bond donors (Lipinski definition) is 1. The Hall–Kier alpha value is -2.26. The summed E-state index contributed by atoms with van der Waals surface area (Å²) in [5.74, 6) is 0. The highest BCUT2D eigenvalue weighted by Crippen LogP contribution is 2.23. The maximum absolute atomic E-state index is 12.9. The second-order valence-electron chi connectivity index (χ2n) is 5.49. The topological polar surface area (TPSA) is 101 Å². The fraction of sp³-hybridized carbons (Fsp3) is 0.176. The van der Waals surface area contributed by atoms with Gasteiger partial charge in [0.1, 0.15) is 0 Å². The van der Waals surface area contributed by atoms with Gasteiger partial charge in [-0.2, -0.15) is 4.31 Å². The highest BCUT2D eigenvalue weighted by molar-refractivity contribution is 7.89. The molecule has 2 aromatic carbocycles. The number of aliphatic hydroxyl groups excluding tert-OH is 1. The van der Waals surface area contributed by atoms with Crippen molar-refractivity contribution in [2.45, 2.75) is 11.0 Å². The van der Waals surface area contributed by atoms with Crippen LogP contribution in [0, 0.1) is 10.1 Å². The summed E-state index contributed by atoms with van der Waals surface area (Å²) < 4.78 is 26.7. The Morgan fingerprint density at radius 3 is 2.27 bits per heavy atom. The molecule has 0 amide bonds. The molecule has 1 atom stereocenters. The molecular formula is C17H17ClN2O5S. The summed E-state index contributed by atoms with van der Waals surface area (Å²) in [6.45, 7) is 3.06. The average Bonchev–Trinajstić information content (AvgIpc) is 2.61. The largest absolute Gasteiger partial charge is 0.387 e. The molecular weight excluding hydrogens is 380 g/mol. The first-order valence-corrected chi connectivity index (χ1v) is 9.34. The van der Waals surface area contributed by atoms with Gasteiger partial charge in [-0.25, -0.2) is 8.42 Å². The van der Waals surface area contributed by atoms with E-state index in [1.54, 1.807) is 30.3 Å². The number of nitro benzene ring substituents is 1. The van der Waals surface area contributed by atoms with Crippen molar-refractivity contribution in [1.82, 2.24) is 4.31 Å². The average molecular weight is 397 g/mol. The summed E-state index contributed by atoms with van der Waals surface area (Å²) in [5.41, 5.74) is 0.332. The number of halogens is 1. The number of benzene rings is 2. The second kappa shape index (κ2) is 8.41. The van der Waals surface area contributed by atoms with E-state index in [0.29, 0.717) is 5.56 Å². The van der Waals surface area contributed by atoms with Crippen molar-refractivity contribution < 1.29 is 18.4 Å². The molecule has 0 fully saturated rings. The summed E-state index contributed by atoms with van der Waals surface area (Å²) in [4.78, 5) is 9.97. The third-order valence-corrected chi connectivity index (χ3v) is 5.54. The molecule has 9 heteroatoms. The van der Waals surface area contributed by atoms with Gasteiger partial charge in [-0.05, 0) is 17.7 Å². The number of sulfonamides is 1. The highest BCUT2D eigenvalue weighted by Gasteiger charge is 2.28. The smallest absolute Gasteiger partial charge is 0.269 e. The fourth-order valence-electron chi connectivity index (χ4n) is 2.30. The van der Waals surface area contributed by atoms with E-state index in [0.717, 1.165) is 28.6 Å². The quantitative estimate of drug-likeness (QED) is 0.545. The number of non-ortho nitro benzene ring substituents is 1. The van der Waals surface area contributed by atoms with Gasteiger partial charge in [0.15, 0.2) is 0 Å². The van der Waals surface area contributed by atoms with Gasteiger partial charge in [-0.3, -0.25) is 10.1 Å². The van der Waals surface area contributed by atoms with Crippen LogP contribution in [-0.4, -0.2) is 35.8 Å². The lowest BCUT2D eigenvalue weighted by molar-refractivity contribution is -0.384. The molecule has 0 aliphatic heterocycles. The van der Waals surface area contributed by atoms with Gasteiger partial charge < -0.3 is 5.11 Å². The first-order chi connectivity index (χ1) is 12.2. The molecule has 0 spiro atoms. The number of aliphatic hydroxyl groups is 1. The van der Waals surface area contributed by atoms with Crippen LogP contribution >= 0.6 is 11.6 Å². The molecule has 0 bridgehead atoms. The van der Waals surface area contributed by atoms with Crippen LogP contribution in [0.3, 0.4) is 0 Å². The summed E-state index contributed by atoms with van der Waals surface area (Å²) in [7, 11) is -4.04. The van der Waals surface area contributed by atoms with Crippen molar-refractivity contribution in [2.75, 3.05) is 13.1 Å². The van der Waals surface area contributed by atoms with Crippen LogP contribution in [0.4, 0.5) is 5.69 Å². The Balaban J connectivity index is 2.32. The molecule has 26 heavy (non-hydrogen) atoms. The number of nitrogens with zero attached hydrogens (tertiary/aromatic N) is 2. The van der Waals surface area contributed by atoms with Crippen LogP contribution < -0.4 is 0 Å². The minimum absolute atomic E-state index is 0.0794. The van der Waals surface area contributed by atoms with Gasteiger partial charge in [0.25, 0.3) is 5.69 Å². The third-order valence-electron chi connectivity index (χ3n) is 3.59.